The summed E-state index contributed by atoms with van der Waals surface area (Å²) in [4.78, 5) is 6.13. The molecule has 1 heterocycles. The number of aromatic nitrogens is 1. The zero-order valence-electron chi connectivity index (χ0n) is 10.1. The lowest BCUT2D eigenvalue weighted by atomic mass is 10.2. The van der Waals surface area contributed by atoms with Gasteiger partial charge in [-0.2, -0.15) is 0 Å². The van der Waals surface area contributed by atoms with Crippen molar-refractivity contribution >= 4 is 11.7 Å². The Morgan fingerprint density at radius 2 is 2.41 bits per heavy atom. The van der Waals surface area contributed by atoms with Crippen molar-refractivity contribution in [3.05, 3.63) is 23.9 Å². The second-order valence-electron chi connectivity index (χ2n) is 3.48. The molecule has 0 unspecified atom stereocenters. The summed E-state index contributed by atoms with van der Waals surface area (Å²) in [6.07, 6.45) is 1.67. The molecule has 94 valence electrons. The van der Waals surface area contributed by atoms with E-state index in [-0.39, 0.29) is 5.84 Å². The normalized spacial score (nSPS) is 11.5. The molecule has 0 spiro atoms. The SMILES string of the molecule is CCOCCN(C)c1ncccc1/C(N)=N/O. The van der Waals surface area contributed by atoms with Crippen molar-refractivity contribution in [1.82, 2.24) is 4.98 Å². The number of anilines is 1. The fourth-order valence-corrected chi connectivity index (χ4v) is 1.41. The molecular formula is C11H18N4O2. The van der Waals surface area contributed by atoms with Gasteiger partial charge >= 0.3 is 0 Å². The van der Waals surface area contributed by atoms with E-state index >= 15 is 0 Å². The first-order valence-electron chi connectivity index (χ1n) is 5.42. The Hall–Kier alpha value is -1.82. The van der Waals surface area contributed by atoms with E-state index in [1.807, 2.05) is 18.9 Å². The van der Waals surface area contributed by atoms with E-state index in [2.05, 4.69) is 10.1 Å². The lowest BCUT2D eigenvalue weighted by Crippen LogP contribution is -2.27. The van der Waals surface area contributed by atoms with Gasteiger partial charge in [-0.15, -0.1) is 0 Å². The van der Waals surface area contributed by atoms with Crippen LogP contribution in [0.3, 0.4) is 0 Å². The third-order valence-corrected chi connectivity index (χ3v) is 2.31. The summed E-state index contributed by atoms with van der Waals surface area (Å²) in [6, 6.07) is 3.50. The predicted octanol–water partition coefficient (Wildman–Crippen LogP) is 0.649. The minimum absolute atomic E-state index is 0.0522. The predicted molar refractivity (Wildman–Crippen MR) is 66.5 cm³/mol. The van der Waals surface area contributed by atoms with E-state index in [9.17, 15) is 0 Å². The number of nitrogens with two attached hydrogens (primary N) is 1. The highest BCUT2D eigenvalue weighted by molar-refractivity contribution is 6.01. The van der Waals surface area contributed by atoms with Crippen LogP contribution >= 0.6 is 0 Å². The van der Waals surface area contributed by atoms with Crippen molar-refractivity contribution in [2.75, 3.05) is 31.7 Å². The van der Waals surface area contributed by atoms with Crippen LogP contribution in [0.2, 0.25) is 0 Å². The highest BCUT2D eigenvalue weighted by Gasteiger charge is 2.11. The maximum atomic E-state index is 8.70. The average Bonchev–Trinajstić information content (AvgIpc) is 2.38. The van der Waals surface area contributed by atoms with E-state index in [1.165, 1.54) is 0 Å². The topological polar surface area (TPSA) is 84.0 Å². The van der Waals surface area contributed by atoms with Gasteiger partial charge in [0.25, 0.3) is 0 Å². The summed E-state index contributed by atoms with van der Waals surface area (Å²) >= 11 is 0. The number of rotatable bonds is 6. The Bertz CT molecular complexity index is 381. The van der Waals surface area contributed by atoms with Gasteiger partial charge in [-0.05, 0) is 19.1 Å². The molecule has 0 aliphatic carbocycles. The molecule has 0 fully saturated rings. The summed E-state index contributed by atoms with van der Waals surface area (Å²) in [5.74, 6) is 0.721. The lowest BCUT2D eigenvalue weighted by Gasteiger charge is -2.20. The number of nitrogens with zero attached hydrogens (tertiary/aromatic N) is 3. The van der Waals surface area contributed by atoms with Crippen molar-refractivity contribution in [2.45, 2.75) is 6.92 Å². The molecule has 0 aromatic carbocycles. The van der Waals surface area contributed by atoms with E-state index in [0.29, 0.717) is 31.1 Å². The number of likely N-dealkylation sites (N-methyl/N-ethyl adjacent to an activating group) is 1. The van der Waals surface area contributed by atoms with Gasteiger partial charge in [0.2, 0.25) is 0 Å². The highest BCUT2D eigenvalue weighted by atomic mass is 16.5. The van der Waals surface area contributed by atoms with Crippen LogP contribution in [0.15, 0.2) is 23.5 Å². The van der Waals surface area contributed by atoms with Gasteiger partial charge < -0.3 is 20.6 Å². The third-order valence-electron chi connectivity index (χ3n) is 2.31. The summed E-state index contributed by atoms with van der Waals surface area (Å²) < 4.78 is 5.27. The zero-order valence-corrected chi connectivity index (χ0v) is 10.1. The summed E-state index contributed by atoms with van der Waals surface area (Å²) in [6.45, 7) is 3.93. The molecule has 1 rings (SSSR count). The van der Waals surface area contributed by atoms with Crippen molar-refractivity contribution in [3.63, 3.8) is 0 Å². The van der Waals surface area contributed by atoms with Crippen LogP contribution in [-0.2, 0) is 4.74 Å². The van der Waals surface area contributed by atoms with Crippen molar-refractivity contribution in [3.8, 4) is 0 Å². The summed E-state index contributed by atoms with van der Waals surface area (Å²) in [5, 5.41) is 11.7. The number of ether oxygens (including phenoxy) is 1. The molecule has 0 radical (unpaired) electrons. The van der Waals surface area contributed by atoms with Gasteiger partial charge in [0.15, 0.2) is 5.84 Å². The van der Waals surface area contributed by atoms with Crippen LogP contribution in [0, 0.1) is 0 Å². The molecule has 1 aromatic heterocycles. The molecule has 1 aromatic rings. The van der Waals surface area contributed by atoms with Crippen LogP contribution in [0.5, 0.6) is 0 Å². The minimum Gasteiger partial charge on any atom is -0.409 e. The maximum absolute atomic E-state index is 8.70. The number of amidine groups is 1. The number of hydrogen-bond acceptors (Lipinski definition) is 5. The number of hydrogen-bond donors (Lipinski definition) is 2. The van der Waals surface area contributed by atoms with E-state index in [0.717, 1.165) is 0 Å². The average molecular weight is 238 g/mol. The highest BCUT2D eigenvalue weighted by Crippen LogP contribution is 2.14. The molecule has 0 bridgehead atoms. The fourth-order valence-electron chi connectivity index (χ4n) is 1.41. The Balaban J connectivity index is 2.82. The van der Waals surface area contributed by atoms with E-state index in [1.54, 1.807) is 18.3 Å². The summed E-state index contributed by atoms with van der Waals surface area (Å²) in [5.41, 5.74) is 6.20. The van der Waals surface area contributed by atoms with Crippen molar-refractivity contribution in [1.29, 1.82) is 0 Å². The molecule has 6 nitrogen and oxygen atoms in total. The first-order valence-corrected chi connectivity index (χ1v) is 5.42. The van der Waals surface area contributed by atoms with Gasteiger partial charge in [0.05, 0.1) is 12.2 Å². The molecule has 0 saturated carbocycles. The molecule has 0 atom stereocenters. The van der Waals surface area contributed by atoms with Crippen LogP contribution in [0.25, 0.3) is 0 Å². The molecule has 6 heteroatoms. The molecule has 0 aliphatic rings. The van der Waals surface area contributed by atoms with Gasteiger partial charge in [-0.1, -0.05) is 5.16 Å². The van der Waals surface area contributed by atoms with E-state index < -0.39 is 0 Å². The Kier molecular flexibility index (Phi) is 5.22. The Labute approximate surface area is 101 Å². The van der Waals surface area contributed by atoms with Crippen LogP contribution in [0.4, 0.5) is 5.82 Å². The standard InChI is InChI=1S/C11H18N4O2/c1-3-17-8-7-15(2)11-9(10(12)14-16)5-4-6-13-11/h4-6,16H,3,7-8H2,1-2H3,(H2,12,14). The Morgan fingerprint density at radius 1 is 1.65 bits per heavy atom. The first kappa shape index (κ1) is 13.2. The lowest BCUT2D eigenvalue weighted by molar-refractivity contribution is 0.154. The zero-order chi connectivity index (χ0) is 12.7. The van der Waals surface area contributed by atoms with Crippen LogP contribution in [0.1, 0.15) is 12.5 Å². The molecule has 0 aliphatic heterocycles. The third kappa shape index (κ3) is 3.60. The minimum atomic E-state index is 0.0522. The quantitative estimate of drug-likeness (QED) is 0.250. The molecule has 17 heavy (non-hydrogen) atoms. The van der Waals surface area contributed by atoms with Gasteiger partial charge in [0, 0.05) is 26.4 Å². The maximum Gasteiger partial charge on any atom is 0.173 e. The van der Waals surface area contributed by atoms with Crippen molar-refractivity contribution in [2.24, 2.45) is 10.9 Å². The number of oxime groups is 1. The summed E-state index contributed by atoms with van der Waals surface area (Å²) in [7, 11) is 1.88. The van der Waals surface area contributed by atoms with Gasteiger partial charge in [-0.3, -0.25) is 0 Å². The molecule has 0 amide bonds. The van der Waals surface area contributed by atoms with Gasteiger partial charge in [0.1, 0.15) is 5.82 Å². The van der Waals surface area contributed by atoms with Crippen LogP contribution in [-0.4, -0.2) is 42.8 Å². The molecule has 3 N–H and O–H groups in total. The largest absolute Gasteiger partial charge is 0.409 e. The van der Waals surface area contributed by atoms with Crippen molar-refractivity contribution < 1.29 is 9.94 Å². The fraction of sp³-hybridized carbons (Fsp3) is 0.455. The smallest absolute Gasteiger partial charge is 0.173 e. The second kappa shape index (κ2) is 6.70. The molecular weight excluding hydrogens is 220 g/mol. The second-order valence-corrected chi connectivity index (χ2v) is 3.48. The Morgan fingerprint density at radius 3 is 3.06 bits per heavy atom. The molecule has 0 saturated heterocycles. The van der Waals surface area contributed by atoms with E-state index in [4.69, 9.17) is 15.7 Å². The first-order chi connectivity index (χ1) is 8.20. The monoisotopic (exact) mass is 238 g/mol. The van der Waals surface area contributed by atoms with Gasteiger partial charge in [-0.25, -0.2) is 4.98 Å². The number of pyridine rings is 1. The van der Waals surface area contributed by atoms with Crippen LogP contribution < -0.4 is 10.6 Å².